The van der Waals surface area contributed by atoms with Crippen molar-refractivity contribution in [1.29, 1.82) is 0 Å². The zero-order valence-electron chi connectivity index (χ0n) is 17.3. The molecule has 1 atom stereocenters. The fourth-order valence-corrected chi connectivity index (χ4v) is 2.85. The number of ether oxygens (including phenoxy) is 2. The average molecular weight is 444 g/mol. The summed E-state index contributed by atoms with van der Waals surface area (Å²) in [4.78, 5) is 26.0. The minimum absolute atomic E-state index is 0.144. The van der Waals surface area contributed by atoms with Gasteiger partial charge in [-0.1, -0.05) is 35.8 Å². The van der Waals surface area contributed by atoms with E-state index in [9.17, 15) is 9.90 Å². The third-order valence-corrected chi connectivity index (χ3v) is 4.59. The SMILES string of the molecule is CCC(CON=C(C)C)(Oc1ccccc1Oc1cnc2cc(Cl)ccc2n1)C(=O)O. The predicted molar refractivity (Wildman–Crippen MR) is 117 cm³/mol. The molecule has 0 amide bonds. The zero-order chi connectivity index (χ0) is 22.4. The third kappa shape index (κ3) is 5.40. The minimum Gasteiger partial charge on any atom is -0.478 e. The largest absolute Gasteiger partial charge is 0.478 e. The number of fused-ring (bicyclic) bond motifs is 1. The number of aromatic nitrogens is 2. The van der Waals surface area contributed by atoms with Crippen LogP contribution in [0.4, 0.5) is 0 Å². The second-order valence-corrected chi connectivity index (χ2v) is 7.39. The van der Waals surface area contributed by atoms with E-state index in [2.05, 4.69) is 15.1 Å². The van der Waals surface area contributed by atoms with Gasteiger partial charge in [-0.05, 0) is 50.6 Å². The molecule has 162 valence electrons. The number of carbonyl (C=O) groups is 1. The van der Waals surface area contributed by atoms with Crippen molar-refractivity contribution in [2.75, 3.05) is 6.61 Å². The fourth-order valence-electron chi connectivity index (χ4n) is 2.68. The summed E-state index contributed by atoms with van der Waals surface area (Å²) in [5.41, 5.74) is 0.249. The minimum atomic E-state index is -1.65. The van der Waals surface area contributed by atoms with Crippen molar-refractivity contribution in [3.63, 3.8) is 0 Å². The molecule has 1 N–H and O–H groups in total. The van der Waals surface area contributed by atoms with Crippen LogP contribution >= 0.6 is 11.6 Å². The maximum atomic E-state index is 12.0. The van der Waals surface area contributed by atoms with Crippen LogP contribution < -0.4 is 9.47 Å². The summed E-state index contributed by atoms with van der Waals surface area (Å²) in [7, 11) is 0. The van der Waals surface area contributed by atoms with E-state index in [0.29, 0.717) is 27.5 Å². The van der Waals surface area contributed by atoms with Gasteiger partial charge < -0.3 is 19.4 Å². The summed E-state index contributed by atoms with van der Waals surface area (Å²) >= 11 is 5.98. The lowest BCUT2D eigenvalue weighted by atomic mass is 10.0. The van der Waals surface area contributed by atoms with Crippen LogP contribution in [0.5, 0.6) is 17.4 Å². The molecule has 0 bridgehead atoms. The number of aliphatic carboxylic acids is 1. The highest BCUT2D eigenvalue weighted by molar-refractivity contribution is 6.31. The number of rotatable bonds is 9. The van der Waals surface area contributed by atoms with Gasteiger partial charge in [0, 0.05) is 5.02 Å². The molecule has 0 radical (unpaired) electrons. The van der Waals surface area contributed by atoms with Gasteiger partial charge in [-0.15, -0.1) is 0 Å². The van der Waals surface area contributed by atoms with Crippen LogP contribution in [0.2, 0.25) is 5.02 Å². The van der Waals surface area contributed by atoms with E-state index in [0.717, 1.165) is 0 Å². The molecule has 0 saturated carbocycles. The van der Waals surface area contributed by atoms with E-state index in [1.54, 1.807) is 63.2 Å². The first-order valence-corrected chi connectivity index (χ1v) is 9.95. The molecule has 0 aliphatic heterocycles. The van der Waals surface area contributed by atoms with E-state index >= 15 is 0 Å². The van der Waals surface area contributed by atoms with Crippen molar-refractivity contribution in [3.8, 4) is 17.4 Å². The summed E-state index contributed by atoms with van der Waals surface area (Å²) in [5.74, 6) is -0.424. The van der Waals surface area contributed by atoms with Crippen molar-refractivity contribution in [2.24, 2.45) is 5.16 Å². The number of carboxylic acid groups (broad SMARTS) is 1. The molecule has 1 heterocycles. The lowest BCUT2D eigenvalue weighted by Crippen LogP contribution is -2.48. The Labute approximate surface area is 184 Å². The van der Waals surface area contributed by atoms with Crippen molar-refractivity contribution < 1.29 is 24.2 Å². The molecule has 3 rings (SSSR count). The summed E-state index contributed by atoms with van der Waals surface area (Å²) in [6.07, 6.45) is 1.60. The molecule has 3 aromatic rings. The number of nitrogens with zero attached hydrogens (tertiary/aromatic N) is 3. The highest BCUT2D eigenvalue weighted by Gasteiger charge is 2.41. The molecule has 31 heavy (non-hydrogen) atoms. The number of hydrogen-bond donors (Lipinski definition) is 1. The van der Waals surface area contributed by atoms with Gasteiger partial charge in [0.25, 0.3) is 0 Å². The van der Waals surface area contributed by atoms with Gasteiger partial charge in [-0.25, -0.2) is 14.8 Å². The smallest absolute Gasteiger partial charge is 0.351 e. The van der Waals surface area contributed by atoms with Crippen LogP contribution in [0.15, 0.2) is 53.8 Å². The van der Waals surface area contributed by atoms with Crippen molar-refractivity contribution >= 4 is 34.3 Å². The standard InChI is InChI=1S/C22H22ClN3O5/c1-4-22(21(27)28,13-29-26-14(2)3)31-19-8-6-5-7-18(19)30-20-12-24-17-11-15(23)9-10-16(17)25-20/h5-12H,4,13H2,1-3H3,(H,27,28). The Bertz CT molecular complexity index is 1120. The molecular weight excluding hydrogens is 422 g/mol. The fraction of sp³-hybridized carbons (Fsp3) is 0.273. The Morgan fingerprint density at radius 2 is 1.90 bits per heavy atom. The summed E-state index contributed by atoms with van der Waals surface area (Å²) in [5, 5.41) is 14.2. The predicted octanol–water partition coefficient (Wildman–Crippen LogP) is 5.10. The molecule has 1 unspecified atom stereocenters. The summed E-state index contributed by atoms with van der Waals surface area (Å²) in [6, 6.07) is 11.9. The number of oxime groups is 1. The first-order valence-electron chi connectivity index (χ1n) is 9.58. The molecule has 8 nitrogen and oxygen atoms in total. The lowest BCUT2D eigenvalue weighted by Gasteiger charge is -2.28. The van der Waals surface area contributed by atoms with Gasteiger partial charge in [0.2, 0.25) is 11.5 Å². The lowest BCUT2D eigenvalue weighted by molar-refractivity contribution is -0.161. The van der Waals surface area contributed by atoms with Crippen molar-refractivity contribution in [2.45, 2.75) is 32.8 Å². The first-order chi connectivity index (χ1) is 14.8. The van der Waals surface area contributed by atoms with Gasteiger partial charge in [0.05, 0.1) is 22.9 Å². The zero-order valence-corrected chi connectivity index (χ0v) is 18.1. The molecule has 1 aromatic heterocycles. The number of carboxylic acids is 1. The summed E-state index contributed by atoms with van der Waals surface area (Å²) < 4.78 is 11.8. The Morgan fingerprint density at radius 1 is 1.16 bits per heavy atom. The Morgan fingerprint density at radius 3 is 2.58 bits per heavy atom. The Hall–Kier alpha value is -3.39. The topological polar surface area (TPSA) is 103 Å². The normalized spacial score (nSPS) is 12.6. The van der Waals surface area contributed by atoms with Gasteiger partial charge in [0.1, 0.15) is 0 Å². The second-order valence-electron chi connectivity index (χ2n) is 6.96. The summed E-state index contributed by atoms with van der Waals surface area (Å²) in [6.45, 7) is 4.92. The molecule has 0 aliphatic rings. The van der Waals surface area contributed by atoms with E-state index in [1.807, 2.05) is 0 Å². The van der Waals surface area contributed by atoms with Gasteiger partial charge in [-0.2, -0.15) is 0 Å². The van der Waals surface area contributed by atoms with Gasteiger partial charge >= 0.3 is 5.97 Å². The number of hydrogen-bond acceptors (Lipinski definition) is 7. The van der Waals surface area contributed by atoms with Crippen LogP contribution in [-0.2, 0) is 9.63 Å². The first kappa shape index (κ1) is 22.3. The van der Waals surface area contributed by atoms with Crippen LogP contribution in [-0.4, -0.2) is 39.0 Å². The van der Waals surface area contributed by atoms with Gasteiger partial charge in [0.15, 0.2) is 18.1 Å². The molecule has 0 fully saturated rings. The molecule has 0 saturated heterocycles. The van der Waals surface area contributed by atoms with Crippen LogP contribution in [0, 0.1) is 0 Å². The van der Waals surface area contributed by atoms with Crippen molar-refractivity contribution in [1.82, 2.24) is 9.97 Å². The Balaban J connectivity index is 1.88. The van der Waals surface area contributed by atoms with Crippen LogP contribution in [0.25, 0.3) is 11.0 Å². The number of para-hydroxylation sites is 2. The maximum absolute atomic E-state index is 12.0. The molecule has 0 aliphatic carbocycles. The highest BCUT2D eigenvalue weighted by atomic mass is 35.5. The number of halogens is 1. The van der Waals surface area contributed by atoms with Gasteiger partial charge in [-0.3, -0.25) is 0 Å². The van der Waals surface area contributed by atoms with E-state index in [1.165, 1.54) is 6.20 Å². The van der Waals surface area contributed by atoms with E-state index < -0.39 is 11.6 Å². The number of benzene rings is 2. The maximum Gasteiger partial charge on any atom is 0.351 e. The van der Waals surface area contributed by atoms with Crippen LogP contribution in [0.3, 0.4) is 0 Å². The molecular formula is C22H22ClN3O5. The quantitative estimate of drug-likeness (QED) is 0.362. The van der Waals surface area contributed by atoms with Crippen molar-refractivity contribution in [3.05, 3.63) is 53.7 Å². The van der Waals surface area contributed by atoms with E-state index in [4.69, 9.17) is 25.9 Å². The average Bonchev–Trinajstić information content (AvgIpc) is 2.74. The van der Waals surface area contributed by atoms with Crippen LogP contribution in [0.1, 0.15) is 27.2 Å². The third-order valence-electron chi connectivity index (χ3n) is 4.36. The molecule has 9 heteroatoms. The monoisotopic (exact) mass is 443 g/mol. The molecule has 2 aromatic carbocycles. The highest BCUT2D eigenvalue weighted by Crippen LogP contribution is 2.34. The second kappa shape index (κ2) is 9.61. The van der Waals surface area contributed by atoms with E-state index in [-0.39, 0.29) is 24.7 Å². The Kier molecular flexibility index (Phi) is 6.91. The molecule has 0 spiro atoms.